The predicted molar refractivity (Wildman–Crippen MR) is 93.7 cm³/mol. The SMILES string of the molecule is Cc1sc(-c2ccco2)nc1C(=O)NCC1CNCC1O.Cl.Cl. The third kappa shape index (κ3) is 4.45. The number of hydrogen-bond acceptors (Lipinski definition) is 6. The summed E-state index contributed by atoms with van der Waals surface area (Å²) in [4.78, 5) is 17.4. The van der Waals surface area contributed by atoms with Crippen molar-refractivity contribution < 1.29 is 14.3 Å². The molecule has 128 valence electrons. The van der Waals surface area contributed by atoms with Gasteiger partial charge in [-0.3, -0.25) is 4.79 Å². The number of aliphatic hydroxyl groups is 1. The number of furan rings is 1. The van der Waals surface area contributed by atoms with Crippen LogP contribution in [0.25, 0.3) is 10.8 Å². The average Bonchev–Trinajstić information content (AvgIpc) is 3.16. The van der Waals surface area contributed by atoms with Gasteiger partial charge in [0.1, 0.15) is 5.69 Å². The van der Waals surface area contributed by atoms with E-state index >= 15 is 0 Å². The zero-order valence-corrected chi connectivity index (χ0v) is 14.9. The van der Waals surface area contributed by atoms with E-state index in [1.165, 1.54) is 11.3 Å². The van der Waals surface area contributed by atoms with E-state index in [4.69, 9.17) is 4.42 Å². The Balaban J connectivity index is 0.00000132. The number of nitrogens with zero attached hydrogens (tertiary/aromatic N) is 1. The molecule has 3 rings (SSSR count). The molecule has 0 spiro atoms. The van der Waals surface area contributed by atoms with Crippen LogP contribution in [0.2, 0.25) is 0 Å². The van der Waals surface area contributed by atoms with Crippen molar-refractivity contribution in [3.63, 3.8) is 0 Å². The van der Waals surface area contributed by atoms with Gasteiger partial charge in [0, 0.05) is 30.4 Å². The van der Waals surface area contributed by atoms with Crippen molar-refractivity contribution in [3.8, 4) is 10.8 Å². The molecule has 0 aromatic carbocycles. The Morgan fingerprint density at radius 1 is 1.52 bits per heavy atom. The highest BCUT2D eigenvalue weighted by atomic mass is 35.5. The molecule has 1 saturated heterocycles. The lowest BCUT2D eigenvalue weighted by molar-refractivity contribution is 0.0922. The normalized spacial score (nSPS) is 19.7. The quantitative estimate of drug-likeness (QED) is 0.754. The summed E-state index contributed by atoms with van der Waals surface area (Å²) in [7, 11) is 0. The first-order chi connectivity index (χ1) is 10.1. The maximum atomic E-state index is 12.2. The zero-order valence-electron chi connectivity index (χ0n) is 12.4. The lowest BCUT2D eigenvalue weighted by atomic mass is 10.1. The Morgan fingerprint density at radius 3 is 2.91 bits per heavy atom. The van der Waals surface area contributed by atoms with Gasteiger partial charge >= 0.3 is 0 Å². The molecule has 23 heavy (non-hydrogen) atoms. The standard InChI is InChI=1S/C14H17N3O3S.2ClH/c1-8-12(17-14(21-8)11-3-2-4-20-11)13(19)16-6-9-5-15-7-10(9)18;;/h2-4,9-10,15,18H,5-7H2,1H3,(H,16,19);2*1H. The van der Waals surface area contributed by atoms with E-state index in [1.54, 1.807) is 12.3 Å². The van der Waals surface area contributed by atoms with Crippen molar-refractivity contribution in [2.24, 2.45) is 5.92 Å². The molecule has 2 atom stereocenters. The zero-order chi connectivity index (χ0) is 14.8. The van der Waals surface area contributed by atoms with Crippen molar-refractivity contribution in [2.75, 3.05) is 19.6 Å². The van der Waals surface area contributed by atoms with Gasteiger partial charge in [-0.1, -0.05) is 0 Å². The van der Waals surface area contributed by atoms with Crippen LogP contribution in [0.3, 0.4) is 0 Å². The van der Waals surface area contributed by atoms with Gasteiger partial charge in [0.2, 0.25) is 0 Å². The van der Waals surface area contributed by atoms with Crippen LogP contribution in [0, 0.1) is 12.8 Å². The molecule has 1 fully saturated rings. The second-order valence-corrected chi connectivity index (χ2v) is 6.30. The molecule has 3 heterocycles. The van der Waals surface area contributed by atoms with Gasteiger partial charge in [-0.25, -0.2) is 4.98 Å². The summed E-state index contributed by atoms with van der Waals surface area (Å²) < 4.78 is 5.30. The van der Waals surface area contributed by atoms with Gasteiger partial charge in [-0.15, -0.1) is 36.2 Å². The molecular formula is C14H19Cl2N3O3S. The van der Waals surface area contributed by atoms with Gasteiger partial charge in [-0.2, -0.15) is 0 Å². The minimum absolute atomic E-state index is 0. The molecule has 0 radical (unpaired) electrons. The van der Waals surface area contributed by atoms with Crippen LogP contribution in [-0.2, 0) is 0 Å². The molecule has 2 unspecified atom stereocenters. The number of amides is 1. The van der Waals surface area contributed by atoms with Gasteiger partial charge in [0.15, 0.2) is 10.8 Å². The molecule has 1 aliphatic rings. The Bertz CT molecular complexity index is 633. The van der Waals surface area contributed by atoms with Crippen molar-refractivity contribution in [1.82, 2.24) is 15.6 Å². The first-order valence-corrected chi connectivity index (χ1v) is 7.65. The number of rotatable bonds is 4. The maximum absolute atomic E-state index is 12.2. The largest absolute Gasteiger partial charge is 0.462 e. The third-order valence-electron chi connectivity index (χ3n) is 3.57. The summed E-state index contributed by atoms with van der Waals surface area (Å²) >= 11 is 1.43. The van der Waals surface area contributed by atoms with Crippen molar-refractivity contribution in [3.05, 3.63) is 29.0 Å². The van der Waals surface area contributed by atoms with E-state index in [1.807, 2.05) is 13.0 Å². The molecule has 6 nitrogen and oxygen atoms in total. The van der Waals surface area contributed by atoms with Crippen LogP contribution in [0.5, 0.6) is 0 Å². The van der Waals surface area contributed by atoms with Crippen LogP contribution < -0.4 is 10.6 Å². The number of carbonyl (C=O) groups excluding carboxylic acids is 1. The first-order valence-electron chi connectivity index (χ1n) is 6.83. The number of aromatic nitrogens is 1. The molecule has 0 aliphatic carbocycles. The fourth-order valence-electron chi connectivity index (χ4n) is 2.35. The Hall–Kier alpha value is -1.12. The van der Waals surface area contributed by atoms with Crippen molar-refractivity contribution in [2.45, 2.75) is 13.0 Å². The topological polar surface area (TPSA) is 87.4 Å². The fourth-order valence-corrected chi connectivity index (χ4v) is 3.23. The second kappa shape index (κ2) is 8.65. The summed E-state index contributed by atoms with van der Waals surface area (Å²) in [5.41, 5.74) is 0.423. The van der Waals surface area contributed by atoms with Crippen LogP contribution in [0.15, 0.2) is 22.8 Å². The van der Waals surface area contributed by atoms with E-state index in [9.17, 15) is 9.90 Å². The highest BCUT2D eigenvalue weighted by Gasteiger charge is 2.26. The van der Waals surface area contributed by atoms with Crippen LogP contribution in [0.1, 0.15) is 15.4 Å². The van der Waals surface area contributed by atoms with E-state index in [-0.39, 0.29) is 36.6 Å². The van der Waals surface area contributed by atoms with Crippen molar-refractivity contribution in [1.29, 1.82) is 0 Å². The summed E-state index contributed by atoms with van der Waals surface area (Å²) in [5, 5.41) is 16.4. The van der Waals surface area contributed by atoms with E-state index in [0.717, 1.165) is 11.4 Å². The number of aryl methyl sites for hydroxylation is 1. The number of hydrogen-bond donors (Lipinski definition) is 3. The number of nitrogens with one attached hydrogen (secondary N) is 2. The number of β-amino-alcohol motifs (C(OH)–C–C–N with tert-alkyl or cyclic N) is 1. The molecule has 1 aliphatic heterocycles. The lowest BCUT2D eigenvalue weighted by Crippen LogP contribution is -2.34. The van der Waals surface area contributed by atoms with E-state index in [0.29, 0.717) is 29.6 Å². The van der Waals surface area contributed by atoms with Gasteiger partial charge < -0.3 is 20.2 Å². The molecule has 1 amide bonds. The monoisotopic (exact) mass is 379 g/mol. The highest BCUT2D eigenvalue weighted by molar-refractivity contribution is 7.15. The summed E-state index contributed by atoms with van der Waals surface area (Å²) in [6.45, 7) is 3.61. The minimum Gasteiger partial charge on any atom is -0.462 e. The van der Waals surface area contributed by atoms with Crippen LogP contribution in [0.4, 0.5) is 0 Å². The van der Waals surface area contributed by atoms with Crippen molar-refractivity contribution >= 4 is 42.1 Å². The Labute approximate surface area is 150 Å². The molecule has 9 heteroatoms. The second-order valence-electron chi connectivity index (χ2n) is 5.10. The minimum atomic E-state index is -0.402. The lowest BCUT2D eigenvalue weighted by Gasteiger charge is -2.13. The molecular weight excluding hydrogens is 361 g/mol. The summed E-state index contributed by atoms with van der Waals surface area (Å²) in [6.07, 6.45) is 1.18. The first kappa shape index (κ1) is 19.9. The smallest absolute Gasteiger partial charge is 0.271 e. The predicted octanol–water partition coefficient (Wildman–Crippen LogP) is 1.87. The highest BCUT2D eigenvalue weighted by Crippen LogP contribution is 2.27. The number of halogens is 2. The average molecular weight is 380 g/mol. The maximum Gasteiger partial charge on any atom is 0.271 e. The number of thiazole rings is 1. The third-order valence-corrected chi connectivity index (χ3v) is 4.56. The molecule has 0 saturated carbocycles. The summed E-state index contributed by atoms with van der Waals surface area (Å²) in [6, 6.07) is 3.61. The van der Waals surface area contributed by atoms with Gasteiger partial charge in [-0.05, 0) is 19.1 Å². The number of aliphatic hydroxyl groups excluding tert-OH is 1. The fraction of sp³-hybridized carbons (Fsp3) is 0.429. The molecule has 0 bridgehead atoms. The summed E-state index contributed by atoms with van der Waals surface area (Å²) in [5.74, 6) is 0.510. The molecule has 2 aromatic heterocycles. The van der Waals surface area contributed by atoms with E-state index < -0.39 is 6.10 Å². The Kier molecular flexibility index (Phi) is 7.50. The molecule has 3 N–H and O–H groups in total. The van der Waals surface area contributed by atoms with Gasteiger partial charge in [0.05, 0.1) is 12.4 Å². The number of carbonyl (C=O) groups is 1. The van der Waals surface area contributed by atoms with Crippen LogP contribution in [-0.4, -0.2) is 41.7 Å². The van der Waals surface area contributed by atoms with E-state index in [2.05, 4.69) is 15.6 Å². The van der Waals surface area contributed by atoms with Crippen LogP contribution >= 0.6 is 36.2 Å². The molecule has 2 aromatic rings. The Morgan fingerprint density at radius 2 is 2.30 bits per heavy atom. The van der Waals surface area contributed by atoms with Gasteiger partial charge in [0.25, 0.3) is 5.91 Å².